The first-order valence-electron chi connectivity index (χ1n) is 13.3. The van der Waals surface area contributed by atoms with Crippen LogP contribution < -0.4 is 5.73 Å². The second-order valence-electron chi connectivity index (χ2n) is 9.93. The number of azo groups is 2. The summed E-state index contributed by atoms with van der Waals surface area (Å²) in [6, 6.07) is 10.1. The molecular formula is C26H23N5O15S5. The van der Waals surface area contributed by atoms with E-state index in [1.54, 1.807) is 0 Å². The standard InChI is InChI=1S/C26H23N5O15S5/c1-2-47(33,34)16-5-3-4-15(12-16)28-31-25-23(50(40,41)42)14-19-18(26(25)32)7-8-20(27)24(19)30-29-21-9-6-17(13-22(21)49(37,38)39)48(35,36)11-10-46-51(43,44)45/h2-9,12-14,32H,1,10-11,27H2,(H,37,38,39)(H,40,41,42)(H,43,44,45). The molecule has 0 fully saturated rings. The lowest BCUT2D eigenvalue weighted by atomic mass is 10.1. The van der Waals surface area contributed by atoms with Gasteiger partial charge in [-0.05, 0) is 54.6 Å². The van der Waals surface area contributed by atoms with Crippen LogP contribution in [0.1, 0.15) is 0 Å². The molecule has 0 saturated carbocycles. The molecule has 4 aromatic carbocycles. The maximum Gasteiger partial charge on any atom is 0.397 e. The first kappa shape index (κ1) is 39.1. The molecule has 0 unspecified atom stereocenters. The second-order valence-corrected chi connectivity index (χ2v) is 17.8. The Morgan fingerprint density at radius 3 is 1.96 bits per heavy atom. The number of nitrogens with two attached hydrogens (primary N) is 1. The van der Waals surface area contributed by atoms with Crippen LogP contribution in [0.2, 0.25) is 0 Å². The summed E-state index contributed by atoms with van der Waals surface area (Å²) >= 11 is 0. The maximum absolute atomic E-state index is 12.6. The molecule has 0 radical (unpaired) electrons. The van der Waals surface area contributed by atoms with Crippen LogP contribution in [0, 0.1) is 0 Å². The zero-order chi connectivity index (χ0) is 38.2. The van der Waals surface area contributed by atoms with E-state index < -0.39 is 100 Å². The molecule has 0 aliphatic rings. The lowest BCUT2D eigenvalue weighted by Gasteiger charge is -2.12. The van der Waals surface area contributed by atoms with Crippen LogP contribution in [0.25, 0.3) is 10.8 Å². The lowest BCUT2D eigenvalue weighted by Crippen LogP contribution is -2.16. The average molecular weight is 806 g/mol. The first-order chi connectivity index (χ1) is 23.4. The van der Waals surface area contributed by atoms with Crippen LogP contribution in [-0.4, -0.2) is 73.2 Å². The smallest absolute Gasteiger partial charge is 0.397 e. The van der Waals surface area contributed by atoms with Crippen LogP contribution in [0.5, 0.6) is 5.75 Å². The second kappa shape index (κ2) is 14.1. The van der Waals surface area contributed by atoms with E-state index in [0.717, 1.165) is 24.3 Å². The molecule has 0 spiro atoms. The fourth-order valence-corrected chi connectivity index (χ4v) is 7.83. The third-order valence-corrected chi connectivity index (χ3v) is 11.8. The van der Waals surface area contributed by atoms with Crippen molar-refractivity contribution in [1.82, 2.24) is 0 Å². The van der Waals surface area contributed by atoms with Crippen molar-refractivity contribution in [2.75, 3.05) is 18.1 Å². The Labute approximate surface area is 289 Å². The van der Waals surface area contributed by atoms with E-state index in [-0.39, 0.29) is 27.0 Å². The fraction of sp³-hybridized carbons (Fsp3) is 0.0769. The van der Waals surface area contributed by atoms with E-state index in [4.69, 9.17) is 10.3 Å². The molecular weight excluding hydrogens is 783 g/mol. The van der Waals surface area contributed by atoms with Crippen molar-refractivity contribution in [1.29, 1.82) is 0 Å². The SMILES string of the molecule is C=CS(=O)(=O)c1cccc(N=Nc2c(S(=O)(=O)O)cc3c(N=Nc4ccc(S(=O)(=O)CCOS(=O)(=O)O)cc4S(=O)(=O)O)c(N)ccc3c2O)c1. The average Bonchev–Trinajstić information content (AvgIpc) is 3.02. The number of rotatable bonds is 13. The molecule has 0 aliphatic carbocycles. The molecule has 0 heterocycles. The fourth-order valence-electron chi connectivity index (χ4n) is 4.20. The molecule has 6 N–H and O–H groups in total. The van der Waals surface area contributed by atoms with Crippen LogP contribution in [0.3, 0.4) is 0 Å². The zero-order valence-electron chi connectivity index (χ0n) is 25.2. The van der Waals surface area contributed by atoms with Crippen molar-refractivity contribution in [3.8, 4) is 5.75 Å². The van der Waals surface area contributed by atoms with Crippen molar-refractivity contribution >= 4 is 89.5 Å². The minimum absolute atomic E-state index is 0.106. The Balaban J connectivity index is 1.85. The number of phenolic OH excluding ortho intramolecular Hbond substituents is 1. The number of hydrogen-bond donors (Lipinski definition) is 5. The number of sulfone groups is 2. The summed E-state index contributed by atoms with van der Waals surface area (Å²) in [5.41, 5.74) is 3.78. The number of hydrogen-bond acceptors (Lipinski definition) is 17. The molecule has 0 bridgehead atoms. The van der Waals surface area contributed by atoms with Gasteiger partial charge in [0.2, 0.25) is 0 Å². The molecule has 25 heteroatoms. The predicted molar refractivity (Wildman–Crippen MR) is 178 cm³/mol. The van der Waals surface area contributed by atoms with Gasteiger partial charge >= 0.3 is 10.4 Å². The van der Waals surface area contributed by atoms with Crippen LogP contribution >= 0.6 is 0 Å². The van der Waals surface area contributed by atoms with Gasteiger partial charge in [0.05, 0.1) is 33.5 Å². The van der Waals surface area contributed by atoms with Gasteiger partial charge in [-0.15, -0.1) is 15.3 Å². The number of benzene rings is 4. The van der Waals surface area contributed by atoms with Crippen molar-refractivity contribution in [3.63, 3.8) is 0 Å². The van der Waals surface area contributed by atoms with E-state index in [1.807, 2.05) is 0 Å². The Morgan fingerprint density at radius 2 is 1.35 bits per heavy atom. The number of nitrogen functional groups attached to an aromatic ring is 1. The highest BCUT2D eigenvalue weighted by atomic mass is 32.3. The molecule has 4 rings (SSSR count). The van der Waals surface area contributed by atoms with Gasteiger partial charge < -0.3 is 10.8 Å². The van der Waals surface area contributed by atoms with Crippen molar-refractivity contribution in [2.24, 2.45) is 20.5 Å². The summed E-state index contributed by atoms with van der Waals surface area (Å²) in [4.78, 5) is -3.10. The van der Waals surface area contributed by atoms with Gasteiger partial charge in [0.25, 0.3) is 20.2 Å². The highest BCUT2D eigenvalue weighted by Crippen LogP contribution is 2.46. The largest absolute Gasteiger partial charge is 0.505 e. The van der Waals surface area contributed by atoms with Gasteiger partial charge in [-0.25, -0.2) is 21.0 Å². The van der Waals surface area contributed by atoms with Gasteiger partial charge in [-0.2, -0.15) is 30.4 Å². The summed E-state index contributed by atoms with van der Waals surface area (Å²) in [5.74, 6) is -1.93. The van der Waals surface area contributed by atoms with Gasteiger partial charge in [0, 0.05) is 16.2 Å². The molecule has 0 atom stereocenters. The van der Waals surface area contributed by atoms with E-state index >= 15 is 0 Å². The van der Waals surface area contributed by atoms with E-state index in [2.05, 4.69) is 31.2 Å². The number of anilines is 1. The summed E-state index contributed by atoms with van der Waals surface area (Å²) in [7, 11) is -23.8. The van der Waals surface area contributed by atoms with Crippen LogP contribution in [-0.2, 0) is 54.5 Å². The number of nitrogens with zero attached hydrogens (tertiary/aromatic N) is 4. The zero-order valence-corrected chi connectivity index (χ0v) is 29.2. The monoisotopic (exact) mass is 805 g/mol. The maximum atomic E-state index is 12.6. The highest BCUT2D eigenvalue weighted by Gasteiger charge is 2.26. The molecule has 0 amide bonds. The number of fused-ring (bicyclic) bond motifs is 1. The van der Waals surface area contributed by atoms with Gasteiger partial charge in [-0.3, -0.25) is 13.7 Å². The van der Waals surface area contributed by atoms with E-state index in [1.165, 1.54) is 30.3 Å². The minimum Gasteiger partial charge on any atom is -0.505 e. The molecule has 0 aromatic heterocycles. The Hall–Kier alpha value is -4.73. The summed E-state index contributed by atoms with van der Waals surface area (Å²) < 4.78 is 152. The van der Waals surface area contributed by atoms with Crippen molar-refractivity contribution < 1.29 is 65.0 Å². The van der Waals surface area contributed by atoms with Gasteiger partial charge in [0.15, 0.2) is 25.4 Å². The highest BCUT2D eigenvalue weighted by molar-refractivity contribution is 7.94. The van der Waals surface area contributed by atoms with Gasteiger partial charge in [0.1, 0.15) is 26.9 Å². The topological polar surface area (TPSA) is 336 Å². The Bertz CT molecular complexity index is 2710. The molecule has 0 saturated heterocycles. The van der Waals surface area contributed by atoms with Crippen molar-refractivity contribution in [2.45, 2.75) is 19.6 Å². The number of phenols is 1. The molecule has 272 valence electrons. The Morgan fingerprint density at radius 1 is 0.706 bits per heavy atom. The predicted octanol–water partition coefficient (Wildman–Crippen LogP) is 3.96. The Kier molecular flexibility index (Phi) is 10.8. The third-order valence-electron chi connectivity index (χ3n) is 6.56. The van der Waals surface area contributed by atoms with Crippen molar-refractivity contribution in [3.05, 3.63) is 72.7 Å². The molecule has 0 aliphatic heterocycles. The van der Waals surface area contributed by atoms with Gasteiger partial charge in [-0.1, -0.05) is 12.6 Å². The van der Waals surface area contributed by atoms with Crippen LogP contribution in [0.15, 0.2) is 113 Å². The lowest BCUT2D eigenvalue weighted by molar-refractivity contribution is 0.284. The van der Waals surface area contributed by atoms with Crippen LogP contribution in [0.4, 0.5) is 28.4 Å². The first-order valence-corrected chi connectivity index (χ1v) is 20.7. The van der Waals surface area contributed by atoms with E-state index in [9.17, 15) is 56.3 Å². The molecule has 20 nitrogen and oxygen atoms in total. The number of aromatic hydroxyl groups is 1. The van der Waals surface area contributed by atoms with E-state index in [0.29, 0.717) is 11.5 Å². The molecule has 4 aromatic rings. The third kappa shape index (κ3) is 9.15. The molecule has 51 heavy (non-hydrogen) atoms. The normalized spacial score (nSPS) is 13.3. The summed E-state index contributed by atoms with van der Waals surface area (Å²) in [6.45, 7) is 2.18. The minimum atomic E-state index is -5.23. The summed E-state index contributed by atoms with van der Waals surface area (Å²) in [6.07, 6.45) is 0. The summed E-state index contributed by atoms with van der Waals surface area (Å²) in [5, 5.41) is 26.3. The quantitative estimate of drug-likeness (QED) is 0.0725.